The highest BCUT2D eigenvalue weighted by Gasteiger charge is 2.10. The number of carboxylic acids is 1. The van der Waals surface area contributed by atoms with Gasteiger partial charge in [-0.15, -0.1) is 0 Å². The van der Waals surface area contributed by atoms with Crippen LogP contribution in [0.15, 0.2) is 47.5 Å². The summed E-state index contributed by atoms with van der Waals surface area (Å²) in [5.41, 5.74) is 0.479. The van der Waals surface area contributed by atoms with E-state index < -0.39 is 5.97 Å². The quantitative estimate of drug-likeness (QED) is 0.853. The number of aromatic nitrogens is 2. The van der Waals surface area contributed by atoms with Crippen LogP contribution in [0.25, 0.3) is 0 Å². The molecule has 86 valence electrons. The Bertz CT molecular complexity index is 590. The third-order valence-corrected chi connectivity index (χ3v) is 2.36. The van der Waals surface area contributed by atoms with Gasteiger partial charge in [0.1, 0.15) is 5.69 Å². The van der Waals surface area contributed by atoms with Crippen LogP contribution in [0.2, 0.25) is 0 Å². The van der Waals surface area contributed by atoms with Gasteiger partial charge in [-0.1, -0.05) is 6.07 Å². The number of pyridine rings is 2. The number of hydrogen-bond acceptors (Lipinski definition) is 3. The molecule has 0 radical (unpaired) electrons. The standard InChI is InChI=1S/C12H10N2O3/c15-11-3-1-2-10(12(16)17)14(11)8-9-4-6-13-7-5-9/h1-7H,8H2,(H,16,17). The Hall–Kier alpha value is -2.43. The van der Waals surface area contributed by atoms with Crippen LogP contribution in [0.3, 0.4) is 0 Å². The average Bonchev–Trinajstić information content (AvgIpc) is 2.33. The molecule has 2 aromatic heterocycles. The van der Waals surface area contributed by atoms with Crippen molar-refractivity contribution in [3.63, 3.8) is 0 Å². The van der Waals surface area contributed by atoms with E-state index in [1.807, 2.05) is 0 Å². The fraction of sp³-hybridized carbons (Fsp3) is 0.0833. The largest absolute Gasteiger partial charge is 0.477 e. The SMILES string of the molecule is O=C(O)c1cccc(=O)n1Cc1ccncc1. The van der Waals surface area contributed by atoms with Crippen molar-refractivity contribution in [1.82, 2.24) is 9.55 Å². The van der Waals surface area contributed by atoms with E-state index in [4.69, 9.17) is 5.11 Å². The Kier molecular flexibility index (Phi) is 3.00. The van der Waals surface area contributed by atoms with Gasteiger partial charge >= 0.3 is 5.97 Å². The van der Waals surface area contributed by atoms with E-state index >= 15 is 0 Å². The summed E-state index contributed by atoms with van der Waals surface area (Å²) in [7, 11) is 0. The van der Waals surface area contributed by atoms with Gasteiger partial charge in [-0.25, -0.2) is 4.79 Å². The van der Waals surface area contributed by atoms with E-state index in [0.717, 1.165) is 5.56 Å². The number of aromatic carboxylic acids is 1. The monoisotopic (exact) mass is 230 g/mol. The molecule has 0 saturated heterocycles. The summed E-state index contributed by atoms with van der Waals surface area (Å²) in [6.45, 7) is 0.226. The molecular formula is C12H10N2O3. The van der Waals surface area contributed by atoms with Crippen LogP contribution in [0.1, 0.15) is 16.1 Å². The second kappa shape index (κ2) is 4.61. The van der Waals surface area contributed by atoms with Crippen molar-refractivity contribution >= 4 is 5.97 Å². The van der Waals surface area contributed by atoms with Gasteiger partial charge in [-0.3, -0.25) is 14.3 Å². The molecule has 2 rings (SSSR count). The van der Waals surface area contributed by atoms with Crippen molar-refractivity contribution in [2.45, 2.75) is 6.54 Å². The Balaban J connectivity index is 2.45. The van der Waals surface area contributed by atoms with Gasteiger partial charge in [-0.2, -0.15) is 0 Å². The van der Waals surface area contributed by atoms with Gasteiger partial charge in [-0.05, 0) is 23.8 Å². The van der Waals surface area contributed by atoms with E-state index in [-0.39, 0.29) is 17.8 Å². The highest BCUT2D eigenvalue weighted by molar-refractivity contribution is 5.85. The first-order valence-corrected chi connectivity index (χ1v) is 5.00. The normalized spacial score (nSPS) is 10.1. The average molecular weight is 230 g/mol. The molecule has 0 atom stereocenters. The molecule has 2 heterocycles. The highest BCUT2D eigenvalue weighted by atomic mass is 16.4. The predicted molar refractivity (Wildman–Crippen MR) is 61.0 cm³/mol. The number of carbonyl (C=O) groups is 1. The molecular weight excluding hydrogens is 220 g/mol. The summed E-state index contributed by atoms with van der Waals surface area (Å²) in [4.78, 5) is 26.5. The molecule has 17 heavy (non-hydrogen) atoms. The van der Waals surface area contributed by atoms with Crippen molar-refractivity contribution in [2.75, 3.05) is 0 Å². The van der Waals surface area contributed by atoms with Crippen molar-refractivity contribution in [3.8, 4) is 0 Å². The number of rotatable bonds is 3. The third kappa shape index (κ3) is 2.39. The molecule has 0 unspecified atom stereocenters. The van der Waals surface area contributed by atoms with Crippen LogP contribution < -0.4 is 5.56 Å². The first-order valence-electron chi connectivity index (χ1n) is 5.00. The summed E-state index contributed by atoms with van der Waals surface area (Å²) < 4.78 is 1.22. The minimum atomic E-state index is -1.11. The molecule has 0 spiro atoms. The molecule has 0 aliphatic carbocycles. The number of carboxylic acid groups (broad SMARTS) is 1. The van der Waals surface area contributed by atoms with E-state index in [1.165, 1.54) is 22.8 Å². The first kappa shape index (κ1) is 11.1. The van der Waals surface area contributed by atoms with E-state index in [2.05, 4.69) is 4.98 Å². The maximum absolute atomic E-state index is 11.6. The fourth-order valence-electron chi connectivity index (χ4n) is 1.54. The van der Waals surface area contributed by atoms with Crippen molar-refractivity contribution in [3.05, 3.63) is 64.3 Å². The topological polar surface area (TPSA) is 72.2 Å². The summed E-state index contributed by atoms with van der Waals surface area (Å²) in [5, 5.41) is 9.00. The zero-order valence-corrected chi connectivity index (χ0v) is 8.91. The van der Waals surface area contributed by atoms with Crippen LogP contribution in [0.5, 0.6) is 0 Å². The lowest BCUT2D eigenvalue weighted by atomic mass is 10.2. The van der Waals surface area contributed by atoms with Gasteiger partial charge < -0.3 is 5.11 Å². The molecule has 0 saturated carbocycles. The second-order valence-electron chi connectivity index (χ2n) is 3.50. The maximum Gasteiger partial charge on any atom is 0.352 e. The lowest BCUT2D eigenvalue weighted by Crippen LogP contribution is -2.25. The van der Waals surface area contributed by atoms with Crippen LogP contribution in [0, 0.1) is 0 Å². The van der Waals surface area contributed by atoms with E-state index in [0.29, 0.717) is 0 Å². The summed E-state index contributed by atoms with van der Waals surface area (Å²) in [6, 6.07) is 7.67. The van der Waals surface area contributed by atoms with Gasteiger partial charge in [0, 0.05) is 18.5 Å². The molecule has 0 aliphatic rings. The number of hydrogen-bond donors (Lipinski definition) is 1. The van der Waals surface area contributed by atoms with Crippen LogP contribution in [-0.2, 0) is 6.54 Å². The predicted octanol–water partition coefficient (Wildman–Crippen LogP) is 0.990. The Morgan fingerprint density at radius 3 is 2.59 bits per heavy atom. The Morgan fingerprint density at radius 1 is 1.24 bits per heavy atom. The fourth-order valence-corrected chi connectivity index (χ4v) is 1.54. The van der Waals surface area contributed by atoms with Gasteiger partial charge in [0.15, 0.2) is 0 Å². The van der Waals surface area contributed by atoms with E-state index in [1.54, 1.807) is 24.5 Å². The van der Waals surface area contributed by atoms with E-state index in [9.17, 15) is 9.59 Å². The minimum Gasteiger partial charge on any atom is -0.477 e. The third-order valence-electron chi connectivity index (χ3n) is 2.36. The zero-order chi connectivity index (χ0) is 12.3. The van der Waals surface area contributed by atoms with Crippen LogP contribution in [0.4, 0.5) is 0 Å². The second-order valence-corrected chi connectivity index (χ2v) is 3.50. The lowest BCUT2D eigenvalue weighted by molar-refractivity contribution is 0.0684. The van der Waals surface area contributed by atoms with Crippen molar-refractivity contribution < 1.29 is 9.90 Å². The Morgan fingerprint density at radius 2 is 1.94 bits per heavy atom. The van der Waals surface area contributed by atoms with Gasteiger partial charge in [0.05, 0.1) is 6.54 Å². The molecule has 5 nitrogen and oxygen atoms in total. The van der Waals surface area contributed by atoms with Gasteiger partial charge in [0.2, 0.25) is 0 Å². The molecule has 5 heteroatoms. The van der Waals surface area contributed by atoms with Crippen molar-refractivity contribution in [2.24, 2.45) is 0 Å². The van der Waals surface area contributed by atoms with Crippen molar-refractivity contribution in [1.29, 1.82) is 0 Å². The zero-order valence-electron chi connectivity index (χ0n) is 8.91. The van der Waals surface area contributed by atoms with Gasteiger partial charge in [0.25, 0.3) is 5.56 Å². The summed E-state index contributed by atoms with van der Waals surface area (Å²) in [6.07, 6.45) is 3.20. The Labute approximate surface area is 97.0 Å². The smallest absolute Gasteiger partial charge is 0.352 e. The minimum absolute atomic E-state index is 0.0192. The molecule has 0 amide bonds. The molecule has 0 fully saturated rings. The highest BCUT2D eigenvalue weighted by Crippen LogP contribution is 2.03. The molecule has 2 aromatic rings. The van der Waals surface area contributed by atoms with Crippen LogP contribution >= 0.6 is 0 Å². The molecule has 0 aromatic carbocycles. The molecule has 0 aliphatic heterocycles. The first-order chi connectivity index (χ1) is 8.18. The number of nitrogens with zero attached hydrogens (tertiary/aromatic N) is 2. The maximum atomic E-state index is 11.6. The van der Waals surface area contributed by atoms with Crippen LogP contribution in [-0.4, -0.2) is 20.6 Å². The molecule has 0 bridgehead atoms. The summed E-state index contributed by atoms with van der Waals surface area (Å²) >= 11 is 0. The lowest BCUT2D eigenvalue weighted by Gasteiger charge is -2.08. The molecule has 1 N–H and O–H groups in total. The summed E-state index contributed by atoms with van der Waals surface area (Å²) in [5.74, 6) is -1.11.